The van der Waals surface area contributed by atoms with E-state index in [1.54, 1.807) is 13.2 Å². The monoisotopic (exact) mass is 409 g/mol. The van der Waals surface area contributed by atoms with Gasteiger partial charge in [-0.15, -0.1) is 0 Å². The third kappa shape index (κ3) is 4.91. The Bertz CT molecular complexity index is 808. The van der Waals surface area contributed by atoms with Crippen molar-refractivity contribution in [2.75, 3.05) is 31.7 Å². The first-order valence-electron chi connectivity index (χ1n) is 8.97. The minimum atomic E-state index is -0.145. The molecule has 0 bridgehead atoms. The fraction of sp³-hybridized carbons (Fsp3) is 0.500. The highest BCUT2D eigenvalue weighted by Gasteiger charge is 2.26. The summed E-state index contributed by atoms with van der Waals surface area (Å²) in [5, 5.41) is 1.08. The van der Waals surface area contributed by atoms with Gasteiger partial charge < -0.3 is 14.4 Å². The third-order valence-electron chi connectivity index (χ3n) is 4.43. The summed E-state index contributed by atoms with van der Waals surface area (Å²) in [4.78, 5) is 11.7. The summed E-state index contributed by atoms with van der Waals surface area (Å²) in [5.41, 5.74) is 1.75. The SMILES string of the molecule is COCc1cc(N2CCOC(c3ccc(Cl)c(Cl)c3)C2)nc(C(C)(C)C)n1. The molecular formula is C20H25Cl2N3O2. The molecule has 1 fully saturated rings. The third-order valence-corrected chi connectivity index (χ3v) is 5.17. The van der Waals surface area contributed by atoms with Gasteiger partial charge in [0.25, 0.3) is 0 Å². The fourth-order valence-electron chi connectivity index (χ4n) is 2.97. The van der Waals surface area contributed by atoms with Crippen LogP contribution in [0.4, 0.5) is 5.82 Å². The van der Waals surface area contributed by atoms with Crippen molar-refractivity contribution in [3.8, 4) is 0 Å². The minimum absolute atomic E-state index is 0.0903. The van der Waals surface area contributed by atoms with Crippen molar-refractivity contribution in [2.24, 2.45) is 0 Å². The fourth-order valence-corrected chi connectivity index (χ4v) is 3.28. The molecule has 7 heteroatoms. The quantitative estimate of drug-likeness (QED) is 0.724. The molecule has 146 valence electrons. The molecule has 0 N–H and O–H groups in total. The molecule has 27 heavy (non-hydrogen) atoms. The number of hydrogen-bond acceptors (Lipinski definition) is 5. The Morgan fingerprint density at radius 1 is 1.19 bits per heavy atom. The average Bonchev–Trinajstić information content (AvgIpc) is 2.63. The largest absolute Gasteiger partial charge is 0.378 e. The first kappa shape index (κ1) is 20.3. The highest BCUT2D eigenvalue weighted by atomic mass is 35.5. The van der Waals surface area contributed by atoms with Crippen molar-refractivity contribution in [1.29, 1.82) is 0 Å². The van der Waals surface area contributed by atoms with Crippen molar-refractivity contribution in [3.63, 3.8) is 0 Å². The van der Waals surface area contributed by atoms with Gasteiger partial charge in [0.1, 0.15) is 17.7 Å². The number of morpholine rings is 1. The lowest BCUT2D eigenvalue weighted by Crippen LogP contribution is -2.39. The van der Waals surface area contributed by atoms with Crippen LogP contribution in [-0.2, 0) is 21.5 Å². The number of ether oxygens (including phenoxy) is 2. The smallest absolute Gasteiger partial charge is 0.136 e. The zero-order valence-electron chi connectivity index (χ0n) is 16.1. The second kappa shape index (κ2) is 8.31. The van der Waals surface area contributed by atoms with Crippen LogP contribution in [0.5, 0.6) is 0 Å². The Morgan fingerprint density at radius 2 is 1.96 bits per heavy atom. The molecule has 0 amide bonds. The Labute approximate surface area is 170 Å². The van der Waals surface area contributed by atoms with E-state index in [1.165, 1.54) is 0 Å². The summed E-state index contributed by atoms with van der Waals surface area (Å²) < 4.78 is 11.3. The number of aromatic nitrogens is 2. The summed E-state index contributed by atoms with van der Waals surface area (Å²) in [7, 11) is 1.67. The lowest BCUT2D eigenvalue weighted by Gasteiger charge is -2.34. The Morgan fingerprint density at radius 3 is 2.63 bits per heavy atom. The number of nitrogens with zero attached hydrogens (tertiary/aromatic N) is 3. The van der Waals surface area contributed by atoms with Crippen molar-refractivity contribution in [2.45, 2.75) is 38.9 Å². The molecule has 1 unspecified atom stereocenters. The molecule has 0 spiro atoms. The average molecular weight is 410 g/mol. The number of rotatable bonds is 4. The molecule has 1 saturated heterocycles. The summed E-state index contributed by atoms with van der Waals surface area (Å²) in [5.74, 6) is 1.71. The predicted octanol–water partition coefficient (Wildman–Crippen LogP) is 4.81. The molecular weight excluding hydrogens is 385 g/mol. The van der Waals surface area contributed by atoms with Gasteiger partial charge in [-0.05, 0) is 17.7 Å². The van der Waals surface area contributed by atoms with Gasteiger partial charge in [-0.25, -0.2) is 9.97 Å². The van der Waals surface area contributed by atoms with Gasteiger partial charge in [-0.3, -0.25) is 0 Å². The summed E-state index contributed by atoms with van der Waals surface area (Å²) in [6, 6.07) is 7.63. The normalized spacial score (nSPS) is 18.0. The maximum absolute atomic E-state index is 6.18. The van der Waals surface area contributed by atoms with Crippen molar-refractivity contribution in [1.82, 2.24) is 9.97 Å². The van der Waals surface area contributed by atoms with E-state index in [0.29, 0.717) is 29.8 Å². The topological polar surface area (TPSA) is 47.5 Å². The van der Waals surface area contributed by atoms with E-state index < -0.39 is 0 Å². The van der Waals surface area contributed by atoms with Gasteiger partial charge in [0, 0.05) is 31.7 Å². The predicted molar refractivity (Wildman–Crippen MR) is 109 cm³/mol. The molecule has 0 saturated carbocycles. The summed E-state index contributed by atoms with van der Waals surface area (Å²) in [6.45, 7) is 8.86. The molecule has 1 aromatic heterocycles. The van der Waals surface area contributed by atoms with Crippen molar-refractivity contribution in [3.05, 3.63) is 51.4 Å². The summed E-state index contributed by atoms with van der Waals surface area (Å²) in [6.07, 6.45) is -0.0903. The number of hydrogen-bond donors (Lipinski definition) is 0. The lowest BCUT2D eigenvalue weighted by molar-refractivity contribution is 0.0395. The summed E-state index contributed by atoms with van der Waals surface area (Å²) >= 11 is 12.2. The van der Waals surface area contributed by atoms with Crippen LogP contribution in [0, 0.1) is 0 Å². The maximum Gasteiger partial charge on any atom is 0.136 e. The Balaban J connectivity index is 1.88. The molecule has 5 nitrogen and oxygen atoms in total. The molecule has 1 atom stereocenters. The number of anilines is 1. The first-order chi connectivity index (χ1) is 12.8. The standard InChI is InChI=1S/C20H25Cl2N3O2/c1-20(2,3)19-23-14(12-26-4)10-18(24-19)25-7-8-27-17(11-25)13-5-6-15(21)16(22)9-13/h5-6,9-10,17H,7-8,11-12H2,1-4H3. The van der Waals surface area contributed by atoms with Gasteiger partial charge in [0.2, 0.25) is 0 Å². The van der Waals surface area contributed by atoms with E-state index in [2.05, 4.69) is 30.7 Å². The molecule has 3 rings (SSSR count). The van der Waals surface area contributed by atoms with Crippen molar-refractivity contribution >= 4 is 29.0 Å². The first-order valence-corrected chi connectivity index (χ1v) is 9.72. The molecule has 0 radical (unpaired) electrons. The van der Waals surface area contributed by atoms with Crippen LogP contribution < -0.4 is 4.90 Å². The highest BCUT2D eigenvalue weighted by Crippen LogP contribution is 2.31. The van der Waals surface area contributed by atoms with Crippen LogP contribution in [0.3, 0.4) is 0 Å². The zero-order chi connectivity index (χ0) is 19.6. The van der Waals surface area contributed by atoms with Crippen molar-refractivity contribution < 1.29 is 9.47 Å². The molecule has 1 aromatic carbocycles. The minimum Gasteiger partial charge on any atom is -0.378 e. The molecule has 2 aromatic rings. The lowest BCUT2D eigenvalue weighted by atomic mass is 9.95. The van der Waals surface area contributed by atoms with Crippen LogP contribution in [0.2, 0.25) is 10.0 Å². The second-order valence-corrected chi connectivity index (χ2v) is 8.52. The zero-order valence-corrected chi connectivity index (χ0v) is 17.6. The van der Waals surface area contributed by atoms with Crippen LogP contribution in [0.1, 0.15) is 44.0 Å². The van der Waals surface area contributed by atoms with Gasteiger partial charge in [0.05, 0.1) is 29.0 Å². The van der Waals surface area contributed by atoms with Crippen LogP contribution >= 0.6 is 23.2 Å². The highest BCUT2D eigenvalue weighted by molar-refractivity contribution is 6.42. The number of halogens is 2. The molecule has 2 heterocycles. The van der Waals surface area contributed by atoms with Gasteiger partial charge in [0.15, 0.2) is 0 Å². The van der Waals surface area contributed by atoms with Gasteiger partial charge in [-0.1, -0.05) is 50.0 Å². The van der Waals surface area contributed by atoms with Crippen LogP contribution in [0.25, 0.3) is 0 Å². The Kier molecular flexibility index (Phi) is 6.26. The van der Waals surface area contributed by atoms with E-state index in [0.717, 1.165) is 29.4 Å². The van der Waals surface area contributed by atoms with E-state index in [9.17, 15) is 0 Å². The second-order valence-electron chi connectivity index (χ2n) is 7.70. The number of benzene rings is 1. The van der Waals surface area contributed by atoms with E-state index in [4.69, 9.17) is 37.7 Å². The van der Waals surface area contributed by atoms with Crippen LogP contribution in [-0.4, -0.2) is 36.8 Å². The van der Waals surface area contributed by atoms with Gasteiger partial charge in [-0.2, -0.15) is 0 Å². The molecule has 1 aliphatic heterocycles. The van der Waals surface area contributed by atoms with E-state index in [1.807, 2.05) is 18.2 Å². The van der Waals surface area contributed by atoms with Gasteiger partial charge >= 0.3 is 0 Å². The van der Waals surface area contributed by atoms with Crippen LogP contribution in [0.15, 0.2) is 24.3 Å². The Hall–Kier alpha value is -1.40. The van der Waals surface area contributed by atoms with E-state index >= 15 is 0 Å². The molecule has 1 aliphatic rings. The number of methoxy groups -OCH3 is 1. The maximum atomic E-state index is 6.18. The molecule has 0 aliphatic carbocycles. The van der Waals surface area contributed by atoms with E-state index in [-0.39, 0.29) is 11.5 Å².